The third-order valence-corrected chi connectivity index (χ3v) is 3.35. The Morgan fingerprint density at radius 3 is 2.53 bits per heavy atom. The molecule has 0 bridgehead atoms. The fourth-order valence-electron chi connectivity index (χ4n) is 2.17. The molecule has 6 heteroatoms. The Hall–Kier alpha value is -1.14. The molecule has 1 aliphatic heterocycles. The summed E-state index contributed by atoms with van der Waals surface area (Å²) in [6.45, 7) is 5.02. The summed E-state index contributed by atoms with van der Waals surface area (Å²) >= 11 is 0. The standard InChI is InChI=1S/C13H25N3O3/c1-11(17)16-8-4-12(5-9-16)14-6-3-13(18)15-7-10-19-2/h12,14H,3-10H2,1-2H3,(H,15,18). The van der Waals surface area contributed by atoms with Crippen LogP contribution in [0.25, 0.3) is 0 Å². The molecule has 0 radical (unpaired) electrons. The van der Waals surface area contributed by atoms with Crippen molar-refractivity contribution < 1.29 is 14.3 Å². The molecular formula is C13H25N3O3. The van der Waals surface area contributed by atoms with Crippen LogP contribution in [0.4, 0.5) is 0 Å². The molecule has 1 aliphatic rings. The van der Waals surface area contributed by atoms with Crippen molar-refractivity contribution >= 4 is 11.8 Å². The van der Waals surface area contributed by atoms with Gasteiger partial charge in [0.1, 0.15) is 0 Å². The number of rotatable bonds is 7. The number of hydrogen-bond donors (Lipinski definition) is 2. The first-order valence-corrected chi connectivity index (χ1v) is 6.88. The molecule has 110 valence electrons. The maximum atomic E-state index is 11.4. The van der Waals surface area contributed by atoms with E-state index in [9.17, 15) is 9.59 Å². The lowest BCUT2D eigenvalue weighted by Gasteiger charge is -2.31. The van der Waals surface area contributed by atoms with Crippen LogP contribution in [-0.4, -0.2) is 62.7 Å². The van der Waals surface area contributed by atoms with Crippen LogP contribution in [-0.2, 0) is 14.3 Å². The summed E-state index contributed by atoms with van der Waals surface area (Å²) in [6, 6.07) is 0.419. The largest absolute Gasteiger partial charge is 0.383 e. The Morgan fingerprint density at radius 1 is 1.26 bits per heavy atom. The van der Waals surface area contributed by atoms with Crippen molar-refractivity contribution in [1.29, 1.82) is 0 Å². The zero-order chi connectivity index (χ0) is 14.1. The van der Waals surface area contributed by atoms with Crippen LogP contribution in [0.1, 0.15) is 26.2 Å². The summed E-state index contributed by atoms with van der Waals surface area (Å²) in [5, 5.41) is 6.16. The highest BCUT2D eigenvalue weighted by Gasteiger charge is 2.19. The van der Waals surface area contributed by atoms with Gasteiger partial charge >= 0.3 is 0 Å². The molecule has 0 aromatic heterocycles. The Balaban J connectivity index is 2.04. The average Bonchev–Trinajstić information content (AvgIpc) is 2.39. The maximum Gasteiger partial charge on any atom is 0.221 e. The lowest BCUT2D eigenvalue weighted by atomic mass is 10.0. The molecule has 0 aromatic rings. The van der Waals surface area contributed by atoms with Crippen molar-refractivity contribution in [1.82, 2.24) is 15.5 Å². The van der Waals surface area contributed by atoms with Gasteiger partial charge in [0.2, 0.25) is 11.8 Å². The second-order valence-electron chi connectivity index (χ2n) is 4.83. The number of carbonyl (C=O) groups excluding carboxylic acids is 2. The minimum absolute atomic E-state index is 0.0470. The molecule has 0 aliphatic carbocycles. The molecule has 0 unspecified atom stereocenters. The Morgan fingerprint density at radius 2 is 1.95 bits per heavy atom. The number of nitrogens with zero attached hydrogens (tertiary/aromatic N) is 1. The molecule has 0 spiro atoms. The topological polar surface area (TPSA) is 70.7 Å². The monoisotopic (exact) mass is 271 g/mol. The quantitative estimate of drug-likeness (QED) is 0.626. The van der Waals surface area contributed by atoms with Crippen LogP contribution in [0.5, 0.6) is 0 Å². The number of amides is 2. The summed E-state index contributed by atoms with van der Waals surface area (Å²) in [5.74, 6) is 0.196. The summed E-state index contributed by atoms with van der Waals surface area (Å²) in [5.41, 5.74) is 0. The highest BCUT2D eigenvalue weighted by molar-refractivity contribution is 5.76. The second kappa shape index (κ2) is 8.87. The van der Waals surface area contributed by atoms with E-state index < -0.39 is 0 Å². The van der Waals surface area contributed by atoms with Crippen molar-refractivity contribution in [2.45, 2.75) is 32.2 Å². The van der Waals surface area contributed by atoms with E-state index in [0.717, 1.165) is 25.9 Å². The summed E-state index contributed by atoms with van der Waals surface area (Å²) in [7, 11) is 1.61. The summed E-state index contributed by atoms with van der Waals surface area (Å²) in [4.78, 5) is 24.5. The van der Waals surface area contributed by atoms with Gasteiger partial charge in [0.15, 0.2) is 0 Å². The fraction of sp³-hybridized carbons (Fsp3) is 0.846. The van der Waals surface area contributed by atoms with Crippen molar-refractivity contribution in [3.8, 4) is 0 Å². The van der Waals surface area contributed by atoms with Crippen LogP contribution in [0.2, 0.25) is 0 Å². The molecule has 19 heavy (non-hydrogen) atoms. The molecular weight excluding hydrogens is 246 g/mol. The van der Waals surface area contributed by atoms with Gasteiger partial charge in [-0.05, 0) is 12.8 Å². The first-order valence-electron chi connectivity index (χ1n) is 6.88. The SMILES string of the molecule is COCCNC(=O)CCNC1CCN(C(C)=O)CC1. The van der Waals surface area contributed by atoms with Crippen LogP contribution in [0.15, 0.2) is 0 Å². The molecule has 1 saturated heterocycles. The maximum absolute atomic E-state index is 11.4. The van der Waals surface area contributed by atoms with Crippen molar-refractivity contribution in [2.75, 3.05) is 39.9 Å². The van der Waals surface area contributed by atoms with Gasteiger partial charge in [-0.25, -0.2) is 0 Å². The van der Waals surface area contributed by atoms with Crippen LogP contribution in [0, 0.1) is 0 Å². The number of carbonyl (C=O) groups is 2. The molecule has 2 amide bonds. The molecule has 1 heterocycles. The molecule has 1 fully saturated rings. The third kappa shape index (κ3) is 6.54. The van der Waals surface area contributed by atoms with E-state index >= 15 is 0 Å². The normalized spacial score (nSPS) is 16.4. The van der Waals surface area contributed by atoms with E-state index in [0.29, 0.717) is 32.2 Å². The van der Waals surface area contributed by atoms with E-state index in [1.54, 1.807) is 14.0 Å². The molecule has 1 rings (SSSR count). The lowest BCUT2D eigenvalue weighted by Crippen LogP contribution is -2.45. The van der Waals surface area contributed by atoms with Gasteiger partial charge in [-0.15, -0.1) is 0 Å². The first-order chi connectivity index (χ1) is 9.13. The number of ether oxygens (including phenoxy) is 1. The Kier molecular flexibility index (Phi) is 7.43. The van der Waals surface area contributed by atoms with Gasteiger partial charge in [-0.3, -0.25) is 9.59 Å². The van der Waals surface area contributed by atoms with Crippen molar-refractivity contribution in [3.63, 3.8) is 0 Å². The molecule has 0 saturated carbocycles. The average molecular weight is 271 g/mol. The smallest absolute Gasteiger partial charge is 0.221 e. The van der Waals surface area contributed by atoms with E-state index in [4.69, 9.17) is 4.74 Å². The van der Waals surface area contributed by atoms with Gasteiger partial charge in [0.25, 0.3) is 0 Å². The third-order valence-electron chi connectivity index (χ3n) is 3.35. The van der Waals surface area contributed by atoms with E-state index in [-0.39, 0.29) is 11.8 Å². The second-order valence-corrected chi connectivity index (χ2v) is 4.83. The minimum atomic E-state index is 0.0470. The number of piperidine rings is 1. The molecule has 0 atom stereocenters. The van der Waals surface area contributed by atoms with Crippen LogP contribution in [0.3, 0.4) is 0 Å². The number of hydrogen-bond acceptors (Lipinski definition) is 4. The predicted molar refractivity (Wildman–Crippen MR) is 72.8 cm³/mol. The van der Waals surface area contributed by atoms with Gasteiger partial charge < -0.3 is 20.3 Å². The van der Waals surface area contributed by atoms with Gasteiger partial charge in [0, 0.05) is 52.7 Å². The van der Waals surface area contributed by atoms with Gasteiger partial charge in [0.05, 0.1) is 6.61 Å². The highest BCUT2D eigenvalue weighted by atomic mass is 16.5. The van der Waals surface area contributed by atoms with Gasteiger partial charge in [-0.2, -0.15) is 0 Å². The van der Waals surface area contributed by atoms with Crippen molar-refractivity contribution in [2.24, 2.45) is 0 Å². The Bertz CT molecular complexity index is 289. The van der Waals surface area contributed by atoms with Gasteiger partial charge in [-0.1, -0.05) is 0 Å². The van der Waals surface area contributed by atoms with E-state index in [1.807, 2.05) is 4.90 Å². The minimum Gasteiger partial charge on any atom is -0.383 e. The summed E-state index contributed by atoms with van der Waals surface area (Å²) in [6.07, 6.45) is 2.41. The number of likely N-dealkylation sites (tertiary alicyclic amines) is 1. The zero-order valence-electron chi connectivity index (χ0n) is 11.9. The molecule has 2 N–H and O–H groups in total. The molecule has 6 nitrogen and oxygen atoms in total. The van der Waals surface area contributed by atoms with Crippen LogP contribution >= 0.6 is 0 Å². The van der Waals surface area contributed by atoms with Crippen LogP contribution < -0.4 is 10.6 Å². The zero-order valence-corrected chi connectivity index (χ0v) is 11.9. The first kappa shape index (κ1) is 15.9. The van der Waals surface area contributed by atoms with Crippen molar-refractivity contribution in [3.05, 3.63) is 0 Å². The summed E-state index contributed by atoms with van der Waals surface area (Å²) < 4.78 is 4.86. The number of nitrogens with one attached hydrogen (secondary N) is 2. The van der Waals surface area contributed by atoms with E-state index in [1.165, 1.54) is 0 Å². The highest BCUT2D eigenvalue weighted by Crippen LogP contribution is 2.10. The van der Waals surface area contributed by atoms with E-state index in [2.05, 4.69) is 10.6 Å². The predicted octanol–water partition coefficient (Wildman–Crippen LogP) is -0.260. The Labute approximate surface area is 114 Å². The fourth-order valence-corrected chi connectivity index (χ4v) is 2.17. The number of methoxy groups -OCH3 is 1. The lowest BCUT2D eigenvalue weighted by molar-refractivity contribution is -0.129. The molecule has 0 aromatic carbocycles.